The van der Waals surface area contributed by atoms with E-state index in [0.29, 0.717) is 17.4 Å². The maximum Gasteiger partial charge on any atom is 0.360 e. The van der Waals surface area contributed by atoms with Crippen molar-refractivity contribution in [1.29, 1.82) is 0 Å². The molecule has 128 valence electrons. The summed E-state index contributed by atoms with van der Waals surface area (Å²) in [7, 11) is 0. The minimum absolute atomic E-state index is 0.000460. The van der Waals surface area contributed by atoms with Gasteiger partial charge in [0.05, 0.1) is 18.4 Å². The summed E-state index contributed by atoms with van der Waals surface area (Å²) < 4.78 is 6.75. The molecule has 0 aliphatic heterocycles. The van der Waals surface area contributed by atoms with Crippen molar-refractivity contribution >= 4 is 28.3 Å². The van der Waals surface area contributed by atoms with Crippen LogP contribution in [0.5, 0.6) is 0 Å². The summed E-state index contributed by atoms with van der Waals surface area (Å²) in [4.78, 5) is 27.1. The van der Waals surface area contributed by atoms with Crippen molar-refractivity contribution in [3.05, 3.63) is 58.9 Å². The first-order valence-electron chi connectivity index (χ1n) is 7.43. The fraction of sp³-hybridized carbons (Fsp3) is 0.188. The van der Waals surface area contributed by atoms with Crippen LogP contribution in [0.25, 0.3) is 0 Å². The predicted molar refractivity (Wildman–Crippen MR) is 91.1 cm³/mol. The van der Waals surface area contributed by atoms with Crippen molar-refractivity contribution in [3.63, 3.8) is 0 Å². The highest BCUT2D eigenvalue weighted by Gasteiger charge is 2.14. The number of nitrogens with one attached hydrogen (secondary N) is 1. The molecular weight excluding hydrogens is 342 g/mol. The number of benzene rings is 1. The summed E-state index contributed by atoms with van der Waals surface area (Å²) in [6.07, 6.45) is 1.54. The minimum Gasteiger partial charge on any atom is -0.454 e. The number of nitrogens with zero attached hydrogens (tertiary/aromatic N) is 4. The molecule has 1 amide bonds. The number of carbonyl (C=O) groups is 2. The number of carbonyl (C=O) groups excluding carboxylic acids is 2. The van der Waals surface area contributed by atoms with Crippen molar-refractivity contribution in [2.75, 3.05) is 5.32 Å². The van der Waals surface area contributed by atoms with E-state index in [1.807, 2.05) is 30.3 Å². The molecule has 1 N–H and O–H groups in total. The summed E-state index contributed by atoms with van der Waals surface area (Å²) >= 11 is 1.26. The van der Waals surface area contributed by atoms with E-state index in [9.17, 15) is 9.59 Å². The average molecular weight is 357 g/mol. The Morgan fingerprint density at radius 3 is 2.84 bits per heavy atom. The molecular formula is C16H15N5O3S. The lowest BCUT2D eigenvalue weighted by Crippen LogP contribution is -2.07. The topological polar surface area (TPSA) is 99.0 Å². The largest absolute Gasteiger partial charge is 0.454 e. The number of hydrogen-bond acceptors (Lipinski definition) is 7. The van der Waals surface area contributed by atoms with Gasteiger partial charge < -0.3 is 10.1 Å². The lowest BCUT2D eigenvalue weighted by Gasteiger charge is -2.00. The highest BCUT2D eigenvalue weighted by molar-refractivity contribution is 7.13. The van der Waals surface area contributed by atoms with E-state index in [0.717, 1.165) is 5.56 Å². The molecule has 9 heteroatoms. The fourth-order valence-corrected chi connectivity index (χ4v) is 2.78. The SMILES string of the molecule is CC(=O)Nc1nc(COC(=O)c2cn(Cc3ccccc3)nn2)cs1. The van der Waals surface area contributed by atoms with Gasteiger partial charge in [-0.25, -0.2) is 14.5 Å². The molecule has 3 rings (SSSR count). The van der Waals surface area contributed by atoms with Crippen LogP contribution in [0.1, 0.15) is 28.7 Å². The van der Waals surface area contributed by atoms with E-state index in [-0.39, 0.29) is 18.2 Å². The van der Waals surface area contributed by atoms with Crippen LogP contribution in [0, 0.1) is 0 Å². The molecule has 0 aliphatic carbocycles. The Hall–Kier alpha value is -3.07. The quantitative estimate of drug-likeness (QED) is 0.678. The minimum atomic E-state index is -0.576. The highest BCUT2D eigenvalue weighted by atomic mass is 32.1. The molecule has 0 atom stereocenters. The summed E-state index contributed by atoms with van der Waals surface area (Å²) in [6.45, 7) is 1.92. The smallest absolute Gasteiger partial charge is 0.360 e. The highest BCUT2D eigenvalue weighted by Crippen LogP contribution is 2.16. The number of amides is 1. The van der Waals surface area contributed by atoms with Gasteiger partial charge in [0.15, 0.2) is 10.8 Å². The molecule has 0 saturated carbocycles. The lowest BCUT2D eigenvalue weighted by molar-refractivity contribution is -0.114. The molecule has 0 radical (unpaired) electrons. The first kappa shape index (κ1) is 16.8. The molecule has 0 fully saturated rings. The molecule has 0 spiro atoms. The van der Waals surface area contributed by atoms with Gasteiger partial charge in [0.25, 0.3) is 0 Å². The molecule has 0 saturated heterocycles. The van der Waals surface area contributed by atoms with Gasteiger partial charge in [0, 0.05) is 12.3 Å². The van der Waals surface area contributed by atoms with Crippen molar-refractivity contribution < 1.29 is 14.3 Å². The van der Waals surface area contributed by atoms with Crippen molar-refractivity contribution in [2.45, 2.75) is 20.1 Å². The summed E-state index contributed by atoms with van der Waals surface area (Å²) in [5, 5.41) is 12.5. The standard InChI is InChI=1S/C16H15N5O3S/c1-11(22)17-16-18-13(10-25-16)9-24-15(23)14-8-21(20-19-14)7-12-5-3-2-4-6-12/h2-6,8,10H,7,9H2,1H3,(H,17,18,22). The summed E-state index contributed by atoms with van der Waals surface area (Å²) in [5.74, 6) is -0.777. The van der Waals surface area contributed by atoms with Gasteiger partial charge in [-0.05, 0) is 5.56 Å². The van der Waals surface area contributed by atoms with Crippen LogP contribution in [0.2, 0.25) is 0 Å². The number of hydrogen-bond donors (Lipinski definition) is 1. The number of esters is 1. The first-order chi connectivity index (χ1) is 12.1. The monoisotopic (exact) mass is 357 g/mol. The molecule has 2 aromatic heterocycles. The molecule has 0 aliphatic rings. The van der Waals surface area contributed by atoms with E-state index in [1.165, 1.54) is 18.3 Å². The van der Waals surface area contributed by atoms with E-state index < -0.39 is 5.97 Å². The van der Waals surface area contributed by atoms with Crippen LogP contribution in [-0.2, 0) is 22.7 Å². The molecule has 1 aromatic carbocycles. The van der Waals surface area contributed by atoms with E-state index in [1.54, 1.807) is 16.3 Å². The molecule has 0 bridgehead atoms. The molecule has 3 aromatic rings. The molecule has 2 heterocycles. The van der Waals surface area contributed by atoms with Crippen LogP contribution >= 0.6 is 11.3 Å². The normalized spacial score (nSPS) is 10.4. The Kier molecular flexibility index (Phi) is 5.14. The maximum atomic E-state index is 12.0. The van der Waals surface area contributed by atoms with Gasteiger partial charge in [-0.2, -0.15) is 0 Å². The third-order valence-corrected chi connectivity index (χ3v) is 3.93. The number of aromatic nitrogens is 4. The lowest BCUT2D eigenvalue weighted by atomic mass is 10.2. The summed E-state index contributed by atoms with van der Waals surface area (Å²) in [5.41, 5.74) is 1.74. The van der Waals surface area contributed by atoms with Gasteiger partial charge in [-0.3, -0.25) is 4.79 Å². The number of rotatable bonds is 6. The number of anilines is 1. The third kappa shape index (κ3) is 4.70. The molecule has 0 unspecified atom stereocenters. The molecule has 8 nitrogen and oxygen atoms in total. The van der Waals surface area contributed by atoms with Gasteiger partial charge in [-0.1, -0.05) is 35.5 Å². The number of thiazole rings is 1. The second-order valence-electron chi connectivity index (χ2n) is 5.19. The maximum absolute atomic E-state index is 12.0. The number of ether oxygens (including phenoxy) is 1. The van der Waals surface area contributed by atoms with E-state index >= 15 is 0 Å². The van der Waals surface area contributed by atoms with Crippen LogP contribution in [0.15, 0.2) is 41.9 Å². The second-order valence-corrected chi connectivity index (χ2v) is 6.05. The average Bonchev–Trinajstić information content (AvgIpc) is 3.23. The van der Waals surface area contributed by atoms with E-state index in [2.05, 4.69) is 20.6 Å². The summed E-state index contributed by atoms with van der Waals surface area (Å²) in [6, 6.07) is 9.74. The van der Waals surface area contributed by atoms with Gasteiger partial charge in [-0.15, -0.1) is 16.4 Å². The molecule has 25 heavy (non-hydrogen) atoms. The third-order valence-electron chi connectivity index (χ3n) is 3.12. The van der Waals surface area contributed by atoms with Crippen LogP contribution in [0.4, 0.5) is 5.13 Å². The first-order valence-corrected chi connectivity index (χ1v) is 8.31. The van der Waals surface area contributed by atoms with Gasteiger partial charge in [0.2, 0.25) is 5.91 Å². The predicted octanol–water partition coefficient (Wildman–Crippen LogP) is 2.10. The zero-order chi connectivity index (χ0) is 17.6. The van der Waals surface area contributed by atoms with Crippen molar-refractivity contribution in [3.8, 4) is 0 Å². The Balaban J connectivity index is 1.55. The Morgan fingerprint density at radius 2 is 2.08 bits per heavy atom. The van der Waals surface area contributed by atoms with Crippen molar-refractivity contribution in [2.24, 2.45) is 0 Å². The zero-order valence-corrected chi connectivity index (χ0v) is 14.2. The van der Waals surface area contributed by atoms with Crippen molar-refractivity contribution in [1.82, 2.24) is 20.0 Å². The Labute approximate surface area is 147 Å². The van der Waals surface area contributed by atoms with E-state index in [4.69, 9.17) is 4.74 Å². The zero-order valence-electron chi connectivity index (χ0n) is 13.4. The van der Waals surface area contributed by atoms with Crippen LogP contribution in [0.3, 0.4) is 0 Å². The van der Waals surface area contributed by atoms with Gasteiger partial charge >= 0.3 is 5.97 Å². The second kappa shape index (κ2) is 7.67. The van der Waals surface area contributed by atoms with Crippen LogP contribution in [-0.4, -0.2) is 31.9 Å². The Morgan fingerprint density at radius 1 is 1.28 bits per heavy atom. The fourth-order valence-electron chi connectivity index (χ4n) is 2.03. The van der Waals surface area contributed by atoms with Crippen LogP contribution < -0.4 is 5.32 Å². The van der Waals surface area contributed by atoms with Gasteiger partial charge in [0.1, 0.15) is 6.61 Å². The Bertz CT molecular complexity index is 875.